The molecular weight excluding hydrogens is 375 g/mol. The maximum atomic E-state index is 5.57. The van der Waals surface area contributed by atoms with E-state index in [1.165, 1.54) is 11.3 Å². The van der Waals surface area contributed by atoms with Crippen LogP contribution in [0.4, 0.5) is 10.9 Å². The zero-order valence-electron chi connectivity index (χ0n) is 12.5. The highest BCUT2D eigenvalue weighted by Gasteiger charge is 2.17. The van der Waals surface area contributed by atoms with Gasteiger partial charge in [0.2, 0.25) is 5.13 Å². The fourth-order valence-electron chi connectivity index (χ4n) is 2.28. The number of nitrogens with zero attached hydrogens (tertiary/aromatic N) is 5. The number of hydrogen-bond donors (Lipinski definition) is 1. The van der Waals surface area contributed by atoms with Crippen molar-refractivity contribution in [2.24, 2.45) is 0 Å². The minimum atomic E-state index is 0. The minimum absolute atomic E-state index is 0. The molecule has 0 aromatic carbocycles. The number of nitrogen functional groups attached to an aromatic ring is 1. The molecule has 23 heavy (non-hydrogen) atoms. The number of piperazine rings is 1. The van der Waals surface area contributed by atoms with Crippen LogP contribution in [0.3, 0.4) is 0 Å². The van der Waals surface area contributed by atoms with Crippen molar-refractivity contribution >= 4 is 58.9 Å². The van der Waals surface area contributed by atoms with Crippen LogP contribution in [0.1, 0.15) is 0 Å². The lowest BCUT2D eigenvalue weighted by molar-refractivity contribution is 0.272. The zero-order valence-corrected chi connectivity index (χ0v) is 15.8. The van der Waals surface area contributed by atoms with Gasteiger partial charge in [-0.3, -0.25) is 4.90 Å². The highest BCUT2D eigenvalue weighted by molar-refractivity contribution is 8.01. The number of thioether (sulfide) groups is 1. The van der Waals surface area contributed by atoms with E-state index in [2.05, 4.69) is 31.0 Å². The third kappa shape index (κ3) is 5.96. The van der Waals surface area contributed by atoms with E-state index in [9.17, 15) is 0 Å². The lowest BCUT2D eigenvalue weighted by Crippen LogP contribution is -2.47. The van der Waals surface area contributed by atoms with Crippen LogP contribution in [-0.2, 0) is 0 Å². The molecule has 0 saturated carbocycles. The summed E-state index contributed by atoms with van der Waals surface area (Å²) in [6.45, 7) is 5.30. The first-order chi connectivity index (χ1) is 10.3. The molecule has 1 fully saturated rings. The van der Waals surface area contributed by atoms with Crippen LogP contribution < -0.4 is 10.6 Å². The number of aromatic nitrogens is 3. The third-order valence-electron chi connectivity index (χ3n) is 3.40. The van der Waals surface area contributed by atoms with Gasteiger partial charge in [-0.05, 0) is 12.1 Å². The maximum absolute atomic E-state index is 5.57. The van der Waals surface area contributed by atoms with E-state index in [0.29, 0.717) is 5.13 Å². The molecule has 0 amide bonds. The summed E-state index contributed by atoms with van der Waals surface area (Å²) in [6.07, 6.45) is 1.85. The van der Waals surface area contributed by atoms with Crippen molar-refractivity contribution in [1.29, 1.82) is 0 Å². The van der Waals surface area contributed by atoms with Crippen LogP contribution in [0.2, 0.25) is 0 Å². The Labute approximate surface area is 156 Å². The van der Waals surface area contributed by atoms with Gasteiger partial charge in [0.05, 0.1) is 0 Å². The molecule has 2 aromatic rings. The summed E-state index contributed by atoms with van der Waals surface area (Å²) in [4.78, 5) is 9.23. The lowest BCUT2D eigenvalue weighted by atomic mass is 10.3. The highest BCUT2D eigenvalue weighted by atomic mass is 35.5. The van der Waals surface area contributed by atoms with Gasteiger partial charge in [0, 0.05) is 44.7 Å². The number of anilines is 2. The first-order valence-electron chi connectivity index (χ1n) is 6.91. The predicted octanol–water partition coefficient (Wildman–Crippen LogP) is 2.27. The number of halogens is 2. The SMILES string of the molecule is Cl.Cl.Nc1nnc(SCCN2CCN(c3ccccn3)CC2)s1. The second kappa shape index (κ2) is 10.1. The first-order valence-corrected chi connectivity index (χ1v) is 8.71. The molecule has 0 aliphatic carbocycles. The number of rotatable bonds is 5. The fourth-order valence-corrected chi connectivity index (χ4v) is 3.99. The molecule has 1 aliphatic rings. The summed E-state index contributed by atoms with van der Waals surface area (Å²) in [5.74, 6) is 2.11. The second-order valence-corrected chi connectivity index (χ2v) is 7.12. The molecule has 2 N–H and O–H groups in total. The van der Waals surface area contributed by atoms with Crippen molar-refractivity contribution in [3.05, 3.63) is 24.4 Å². The van der Waals surface area contributed by atoms with Gasteiger partial charge in [0.25, 0.3) is 0 Å². The Kier molecular flexibility index (Phi) is 8.93. The second-order valence-electron chi connectivity index (χ2n) is 4.77. The van der Waals surface area contributed by atoms with Gasteiger partial charge < -0.3 is 10.6 Å². The van der Waals surface area contributed by atoms with Crippen molar-refractivity contribution in [2.45, 2.75) is 4.34 Å². The van der Waals surface area contributed by atoms with Gasteiger partial charge in [0.1, 0.15) is 5.82 Å². The molecule has 128 valence electrons. The molecule has 0 unspecified atom stereocenters. The van der Waals surface area contributed by atoms with Crippen molar-refractivity contribution in [1.82, 2.24) is 20.1 Å². The van der Waals surface area contributed by atoms with Gasteiger partial charge in [0.15, 0.2) is 4.34 Å². The van der Waals surface area contributed by atoms with Gasteiger partial charge >= 0.3 is 0 Å². The molecular formula is C13H20Cl2N6S2. The van der Waals surface area contributed by atoms with Crippen LogP contribution >= 0.6 is 47.9 Å². The summed E-state index contributed by atoms with van der Waals surface area (Å²) >= 11 is 3.18. The van der Waals surface area contributed by atoms with Crippen LogP contribution in [-0.4, -0.2) is 58.6 Å². The van der Waals surface area contributed by atoms with Crippen molar-refractivity contribution in [3.8, 4) is 0 Å². The van der Waals surface area contributed by atoms with E-state index in [1.807, 2.05) is 18.3 Å². The smallest absolute Gasteiger partial charge is 0.203 e. The molecule has 0 radical (unpaired) electrons. The minimum Gasteiger partial charge on any atom is -0.374 e. The van der Waals surface area contributed by atoms with Gasteiger partial charge in [-0.1, -0.05) is 29.2 Å². The number of hydrogen-bond acceptors (Lipinski definition) is 8. The quantitative estimate of drug-likeness (QED) is 0.779. The van der Waals surface area contributed by atoms with Gasteiger partial charge in [-0.15, -0.1) is 35.0 Å². The lowest BCUT2D eigenvalue weighted by Gasteiger charge is -2.35. The molecule has 3 heterocycles. The fraction of sp³-hybridized carbons (Fsp3) is 0.462. The molecule has 0 spiro atoms. The molecule has 1 saturated heterocycles. The van der Waals surface area contributed by atoms with E-state index in [1.54, 1.807) is 11.8 Å². The van der Waals surface area contributed by atoms with Gasteiger partial charge in [-0.25, -0.2) is 4.98 Å². The Hall–Kier alpha value is -0.800. The zero-order chi connectivity index (χ0) is 14.5. The average Bonchev–Trinajstić information content (AvgIpc) is 2.94. The van der Waals surface area contributed by atoms with E-state index in [0.717, 1.165) is 48.6 Å². The normalized spacial score (nSPS) is 14.9. The Morgan fingerprint density at radius 3 is 2.52 bits per heavy atom. The molecule has 0 bridgehead atoms. The van der Waals surface area contributed by atoms with E-state index in [-0.39, 0.29) is 24.8 Å². The predicted molar refractivity (Wildman–Crippen MR) is 102 cm³/mol. The molecule has 2 aromatic heterocycles. The molecule has 6 nitrogen and oxygen atoms in total. The van der Waals surface area contributed by atoms with Crippen LogP contribution in [0.5, 0.6) is 0 Å². The topological polar surface area (TPSA) is 71.2 Å². The molecule has 0 atom stereocenters. The van der Waals surface area contributed by atoms with Crippen molar-refractivity contribution in [3.63, 3.8) is 0 Å². The monoisotopic (exact) mass is 394 g/mol. The van der Waals surface area contributed by atoms with Crippen LogP contribution in [0, 0.1) is 0 Å². The highest BCUT2D eigenvalue weighted by Crippen LogP contribution is 2.23. The van der Waals surface area contributed by atoms with Crippen molar-refractivity contribution < 1.29 is 0 Å². The summed E-state index contributed by atoms with van der Waals surface area (Å²) < 4.78 is 0.958. The van der Waals surface area contributed by atoms with Crippen molar-refractivity contribution in [2.75, 3.05) is 49.1 Å². The Balaban J connectivity index is 0.00000132. The average molecular weight is 395 g/mol. The number of pyridine rings is 1. The summed E-state index contributed by atoms with van der Waals surface area (Å²) in [6, 6.07) is 6.07. The molecule has 3 rings (SSSR count). The molecule has 10 heteroatoms. The summed E-state index contributed by atoms with van der Waals surface area (Å²) in [7, 11) is 0. The number of nitrogens with two attached hydrogens (primary N) is 1. The van der Waals surface area contributed by atoms with E-state index >= 15 is 0 Å². The largest absolute Gasteiger partial charge is 0.374 e. The van der Waals surface area contributed by atoms with Gasteiger partial charge in [-0.2, -0.15) is 0 Å². The van der Waals surface area contributed by atoms with Crippen LogP contribution in [0.25, 0.3) is 0 Å². The molecule has 1 aliphatic heterocycles. The summed E-state index contributed by atoms with van der Waals surface area (Å²) in [5.41, 5.74) is 5.57. The Morgan fingerprint density at radius 2 is 1.91 bits per heavy atom. The van der Waals surface area contributed by atoms with E-state index in [4.69, 9.17) is 5.73 Å². The third-order valence-corrected chi connectivity index (χ3v) is 5.27. The Morgan fingerprint density at radius 1 is 1.13 bits per heavy atom. The van der Waals surface area contributed by atoms with Crippen LogP contribution in [0.15, 0.2) is 28.7 Å². The Bertz CT molecular complexity index is 563. The van der Waals surface area contributed by atoms with E-state index < -0.39 is 0 Å². The maximum Gasteiger partial charge on any atom is 0.203 e. The summed E-state index contributed by atoms with van der Waals surface area (Å²) in [5, 5.41) is 8.39. The first kappa shape index (κ1) is 20.2. The standard InChI is InChI=1S/C13H18N6S2.2ClH/c14-12-16-17-13(21-12)20-10-9-18-5-7-19(8-6-18)11-3-1-2-4-15-11;;/h1-4H,5-10H2,(H2,14,16);2*1H.